The molecule has 182 valence electrons. The zero-order chi connectivity index (χ0) is 24.5. The fourth-order valence-corrected chi connectivity index (χ4v) is 4.99. The van der Waals surface area contributed by atoms with Gasteiger partial charge < -0.3 is 4.90 Å². The molecule has 2 aromatic heterocycles. The van der Waals surface area contributed by atoms with E-state index in [1.807, 2.05) is 11.8 Å². The Balaban J connectivity index is 1.70. The van der Waals surface area contributed by atoms with Gasteiger partial charge in [0.15, 0.2) is 5.65 Å². The number of nitrogens with zero attached hydrogens (tertiary/aromatic N) is 4. The number of aromatic nitrogens is 3. The first kappa shape index (κ1) is 24.1. The third-order valence-corrected chi connectivity index (χ3v) is 6.80. The number of likely N-dealkylation sites (tertiary alicyclic amines) is 1. The first-order valence-electron chi connectivity index (χ1n) is 11.6. The SMILES string of the molecule is CCc1cc(C(=O)N2CCCCCCC2C)nc2cc(-c3ccc(NS(C)(=O)=O)cc3F)nn12. The highest BCUT2D eigenvalue weighted by atomic mass is 32.2. The fraction of sp³-hybridized carbons (Fsp3) is 0.458. The van der Waals surface area contributed by atoms with Crippen molar-refractivity contribution in [3.63, 3.8) is 0 Å². The van der Waals surface area contributed by atoms with E-state index < -0.39 is 15.8 Å². The second-order valence-electron chi connectivity index (χ2n) is 8.91. The van der Waals surface area contributed by atoms with Crippen LogP contribution in [-0.2, 0) is 16.4 Å². The van der Waals surface area contributed by atoms with E-state index in [-0.39, 0.29) is 23.2 Å². The summed E-state index contributed by atoms with van der Waals surface area (Å²) < 4.78 is 41.6. The summed E-state index contributed by atoms with van der Waals surface area (Å²) in [7, 11) is -3.51. The number of carbonyl (C=O) groups is 1. The Kier molecular flexibility index (Phi) is 6.88. The summed E-state index contributed by atoms with van der Waals surface area (Å²) >= 11 is 0. The summed E-state index contributed by atoms with van der Waals surface area (Å²) in [6.07, 6.45) is 7.04. The van der Waals surface area contributed by atoms with Crippen LogP contribution in [-0.4, -0.2) is 52.7 Å². The van der Waals surface area contributed by atoms with Gasteiger partial charge in [-0.05, 0) is 50.5 Å². The molecule has 34 heavy (non-hydrogen) atoms. The van der Waals surface area contributed by atoms with Crippen LogP contribution in [0.4, 0.5) is 10.1 Å². The molecule has 1 saturated heterocycles. The molecule has 3 aromatic rings. The smallest absolute Gasteiger partial charge is 0.272 e. The topological polar surface area (TPSA) is 96.7 Å². The molecule has 8 nitrogen and oxygen atoms in total. The number of aryl methyl sites for hydroxylation is 1. The van der Waals surface area contributed by atoms with Crippen LogP contribution in [0.5, 0.6) is 0 Å². The molecule has 3 heterocycles. The second-order valence-corrected chi connectivity index (χ2v) is 10.7. The molecule has 1 atom stereocenters. The number of hydrogen-bond acceptors (Lipinski definition) is 5. The Labute approximate surface area is 199 Å². The molecular formula is C24H30FN5O3S. The first-order chi connectivity index (χ1) is 16.2. The van der Waals surface area contributed by atoms with Gasteiger partial charge in [0.2, 0.25) is 10.0 Å². The second kappa shape index (κ2) is 9.69. The van der Waals surface area contributed by atoms with Crippen LogP contribution in [0.15, 0.2) is 30.3 Å². The number of hydrogen-bond donors (Lipinski definition) is 1. The molecule has 0 spiro atoms. The minimum absolute atomic E-state index is 0.0864. The van der Waals surface area contributed by atoms with E-state index in [0.717, 1.165) is 50.2 Å². The lowest BCUT2D eigenvalue weighted by Gasteiger charge is -2.31. The molecular weight excluding hydrogens is 457 g/mol. The lowest BCUT2D eigenvalue weighted by atomic mass is 10.0. The van der Waals surface area contributed by atoms with Crippen molar-refractivity contribution in [3.8, 4) is 11.3 Å². The number of sulfonamides is 1. The maximum atomic E-state index is 14.8. The van der Waals surface area contributed by atoms with Crippen molar-refractivity contribution in [1.82, 2.24) is 19.5 Å². The number of fused-ring (bicyclic) bond motifs is 1. The van der Waals surface area contributed by atoms with Gasteiger partial charge in [-0.1, -0.05) is 26.2 Å². The number of carbonyl (C=O) groups excluding carboxylic acids is 1. The van der Waals surface area contributed by atoms with E-state index in [4.69, 9.17) is 0 Å². The van der Waals surface area contributed by atoms with E-state index in [0.29, 0.717) is 23.5 Å². The summed E-state index contributed by atoms with van der Waals surface area (Å²) in [5.74, 6) is -0.697. The minimum Gasteiger partial charge on any atom is -0.335 e. The highest BCUT2D eigenvalue weighted by molar-refractivity contribution is 7.92. The van der Waals surface area contributed by atoms with Gasteiger partial charge in [0.1, 0.15) is 11.5 Å². The molecule has 1 N–H and O–H groups in total. The molecule has 1 fully saturated rings. The highest BCUT2D eigenvalue weighted by Crippen LogP contribution is 2.27. The summed E-state index contributed by atoms with van der Waals surface area (Å²) in [6.45, 7) is 4.78. The number of rotatable bonds is 5. The summed E-state index contributed by atoms with van der Waals surface area (Å²) in [4.78, 5) is 19.9. The van der Waals surface area contributed by atoms with Crippen molar-refractivity contribution >= 4 is 27.3 Å². The van der Waals surface area contributed by atoms with E-state index >= 15 is 0 Å². The maximum absolute atomic E-state index is 14.8. The van der Waals surface area contributed by atoms with E-state index in [1.54, 1.807) is 16.6 Å². The summed E-state index contributed by atoms with van der Waals surface area (Å²) in [5.41, 5.74) is 2.35. The molecule has 1 aliphatic rings. The van der Waals surface area contributed by atoms with Crippen molar-refractivity contribution in [3.05, 3.63) is 47.5 Å². The van der Waals surface area contributed by atoms with Crippen molar-refractivity contribution in [2.24, 2.45) is 0 Å². The first-order valence-corrected chi connectivity index (χ1v) is 13.5. The normalized spacial score (nSPS) is 17.4. The Morgan fingerprint density at radius 3 is 2.65 bits per heavy atom. The molecule has 0 aliphatic carbocycles. The van der Waals surface area contributed by atoms with Crippen LogP contribution in [0.25, 0.3) is 16.9 Å². The molecule has 1 unspecified atom stereocenters. The van der Waals surface area contributed by atoms with Crippen molar-refractivity contribution < 1.29 is 17.6 Å². The van der Waals surface area contributed by atoms with Gasteiger partial charge in [0.05, 0.1) is 17.6 Å². The van der Waals surface area contributed by atoms with Crippen LogP contribution < -0.4 is 4.72 Å². The van der Waals surface area contributed by atoms with E-state index in [2.05, 4.69) is 21.7 Å². The van der Waals surface area contributed by atoms with Gasteiger partial charge in [-0.3, -0.25) is 9.52 Å². The molecule has 1 aliphatic heterocycles. The largest absolute Gasteiger partial charge is 0.335 e. The molecule has 1 aromatic carbocycles. The third kappa shape index (κ3) is 5.22. The van der Waals surface area contributed by atoms with E-state index in [9.17, 15) is 17.6 Å². The zero-order valence-corrected chi connectivity index (χ0v) is 20.5. The molecule has 0 radical (unpaired) electrons. The van der Waals surface area contributed by atoms with Crippen LogP contribution in [0.2, 0.25) is 0 Å². The van der Waals surface area contributed by atoms with Gasteiger partial charge in [0, 0.05) is 29.9 Å². The van der Waals surface area contributed by atoms with Crippen LogP contribution in [0.1, 0.15) is 62.1 Å². The molecule has 0 saturated carbocycles. The summed E-state index contributed by atoms with van der Waals surface area (Å²) in [5, 5.41) is 4.52. The van der Waals surface area contributed by atoms with Gasteiger partial charge in [-0.25, -0.2) is 22.3 Å². The van der Waals surface area contributed by atoms with Crippen molar-refractivity contribution in [1.29, 1.82) is 0 Å². The quantitative estimate of drug-likeness (QED) is 0.580. The fourth-order valence-electron chi connectivity index (χ4n) is 4.43. The van der Waals surface area contributed by atoms with Crippen molar-refractivity contribution in [2.75, 3.05) is 17.5 Å². The number of benzene rings is 1. The Bertz CT molecular complexity index is 1320. The van der Waals surface area contributed by atoms with E-state index in [1.165, 1.54) is 18.6 Å². The number of halogens is 1. The van der Waals surface area contributed by atoms with Gasteiger partial charge in [-0.2, -0.15) is 5.10 Å². The van der Waals surface area contributed by atoms with Gasteiger partial charge >= 0.3 is 0 Å². The predicted molar refractivity (Wildman–Crippen MR) is 130 cm³/mol. The Hall–Kier alpha value is -3.01. The molecule has 4 rings (SSSR count). The minimum atomic E-state index is -3.51. The standard InChI is InChI=1S/C24H30FN5O3S/c1-4-18-14-22(24(31)29-12-8-6-5-7-9-16(29)2)26-23-15-21(27-30(18)23)19-11-10-17(13-20(19)25)28-34(3,32)33/h10-11,13-16,28H,4-9,12H2,1-3H3. The number of amides is 1. The lowest BCUT2D eigenvalue weighted by Crippen LogP contribution is -2.40. The molecule has 0 bridgehead atoms. The monoisotopic (exact) mass is 487 g/mol. The van der Waals surface area contributed by atoms with Crippen LogP contribution >= 0.6 is 0 Å². The van der Waals surface area contributed by atoms with Crippen LogP contribution in [0.3, 0.4) is 0 Å². The number of anilines is 1. The van der Waals surface area contributed by atoms with Gasteiger partial charge in [-0.15, -0.1) is 0 Å². The lowest BCUT2D eigenvalue weighted by molar-refractivity contribution is 0.0660. The van der Waals surface area contributed by atoms with Crippen LogP contribution in [0, 0.1) is 5.82 Å². The molecule has 1 amide bonds. The molecule has 10 heteroatoms. The number of nitrogens with one attached hydrogen (secondary N) is 1. The maximum Gasteiger partial charge on any atom is 0.272 e. The summed E-state index contributed by atoms with van der Waals surface area (Å²) in [6, 6.07) is 7.65. The van der Waals surface area contributed by atoms with Gasteiger partial charge in [0.25, 0.3) is 5.91 Å². The highest BCUT2D eigenvalue weighted by Gasteiger charge is 2.25. The third-order valence-electron chi connectivity index (χ3n) is 6.19. The average molecular weight is 488 g/mol. The Morgan fingerprint density at radius 1 is 1.18 bits per heavy atom. The zero-order valence-electron chi connectivity index (χ0n) is 19.7. The Morgan fingerprint density at radius 2 is 1.94 bits per heavy atom. The predicted octanol–water partition coefficient (Wildman–Crippen LogP) is 4.26. The van der Waals surface area contributed by atoms with Crippen molar-refractivity contribution in [2.45, 2.75) is 58.4 Å². The average Bonchev–Trinajstić information content (AvgIpc) is 3.18.